The molecule has 1 aromatic rings. The van der Waals surface area contributed by atoms with Gasteiger partial charge in [0.2, 0.25) is 5.88 Å². The number of rotatable bonds is 5. The van der Waals surface area contributed by atoms with E-state index >= 15 is 0 Å². The van der Waals surface area contributed by atoms with Gasteiger partial charge < -0.3 is 14.4 Å². The van der Waals surface area contributed by atoms with Gasteiger partial charge in [-0.25, -0.2) is 14.8 Å². The van der Waals surface area contributed by atoms with Crippen LogP contribution in [-0.4, -0.2) is 42.7 Å². The van der Waals surface area contributed by atoms with Crippen LogP contribution in [0.1, 0.15) is 13.8 Å². The monoisotopic (exact) mass is 239 g/mol. The van der Waals surface area contributed by atoms with Crippen molar-refractivity contribution in [3.63, 3.8) is 0 Å². The molecule has 0 aliphatic rings. The number of esters is 1. The molecule has 0 fully saturated rings. The molecule has 0 N–H and O–H groups in total. The van der Waals surface area contributed by atoms with E-state index in [1.165, 1.54) is 6.33 Å². The Morgan fingerprint density at radius 1 is 1.47 bits per heavy atom. The first kappa shape index (κ1) is 13.2. The summed E-state index contributed by atoms with van der Waals surface area (Å²) in [6, 6.07) is 1.66. The zero-order valence-electron chi connectivity index (χ0n) is 10.5. The second-order valence-corrected chi connectivity index (χ2v) is 3.62. The highest BCUT2D eigenvalue weighted by atomic mass is 16.6. The maximum absolute atomic E-state index is 11.4. The molecule has 0 bridgehead atoms. The maximum Gasteiger partial charge on any atom is 0.347 e. The van der Waals surface area contributed by atoms with Gasteiger partial charge in [0.1, 0.15) is 12.1 Å². The average Bonchev–Trinajstić information content (AvgIpc) is 2.29. The van der Waals surface area contributed by atoms with Gasteiger partial charge in [0.25, 0.3) is 0 Å². The Hall–Kier alpha value is -1.85. The fourth-order valence-electron chi connectivity index (χ4n) is 1.13. The third-order valence-electron chi connectivity index (χ3n) is 2.00. The largest absolute Gasteiger partial charge is 0.463 e. The van der Waals surface area contributed by atoms with Crippen molar-refractivity contribution in [2.75, 3.05) is 25.6 Å². The lowest BCUT2D eigenvalue weighted by Gasteiger charge is -2.14. The molecule has 1 aromatic heterocycles. The fourth-order valence-corrected chi connectivity index (χ4v) is 1.13. The summed E-state index contributed by atoms with van der Waals surface area (Å²) in [4.78, 5) is 21.2. The lowest BCUT2D eigenvalue weighted by Crippen LogP contribution is -2.26. The Morgan fingerprint density at radius 2 is 2.18 bits per heavy atom. The van der Waals surface area contributed by atoms with Crippen LogP contribution in [0.5, 0.6) is 5.88 Å². The number of nitrogens with zero attached hydrogens (tertiary/aromatic N) is 3. The molecule has 6 heteroatoms. The van der Waals surface area contributed by atoms with E-state index in [9.17, 15) is 4.79 Å². The highest BCUT2D eigenvalue weighted by Gasteiger charge is 2.16. The predicted octanol–water partition coefficient (Wildman–Crippen LogP) is 0.873. The van der Waals surface area contributed by atoms with Crippen molar-refractivity contribution >= 4 is 11.8 Å². The minimum atomic E-state index is -0.681. The van der Waals surface area contributed by atoms with Gasteiger partial charge in [-0.1, -0.05) is 0 Å². The summed E-state index contributed by atoms with van der Waals surface area (Å²) in [5, 5.41) is 0. The summed E-state index contributed by atoms with van der Waals surface area (Å²) in [5.74, 6) is 0.660. The number of carbonyl (C=O) groups is 1. The highest BCUT2D eigenvalue weighted by Crippen LogP contribution is 2.14. The van der Waals surface area contributed by atoms with E-state index in [1.807, 2.05) is 19.0 Å². The zero-order chi connectivity index (χ0) is 12.8. The van der Waals surface area contributed by atoms with Crippen LogP contribution < -0.4 is 9.64 Å². The molecule has 94 valence electrons. The Bertz CT molecular complexity index is 382. The molecule has 17 heavy (non-hydrogen) atoms. The number of hydrogen-bond donors (Lipinski definition) is 0. The van der Waals surface area contributed by atoms with Gasteiger partial charge in [-0.15, -0.1) is 0 Å². The van der Waals surface area contributed by atoms with Crippen molar-refractivity contribution in [2.24, 2.45) is 0 Å². The van der Waals surface area contributed by atoms with Crippen LogP contribution in [0, 0.1) is 0 Å². The summed E-state index contributed by atoms with van der Waals surface area (Å²) in [7, 11) is 3.72. The van der Waals surface area contributed by atoms with Crippen LogP contribution in [0.25, 0.3) is 0 Å². The molecule has 1 heterocycles. The van der Waals surface area contributed by atoms with Crippen molar-refractivity contribution in [1.82, 2.24) is 9.97 Å². The maximum atomic E-state index is 11.4. The molecule has 1 unspecified atom stereocenters. The first-order chi connectivity index (χ1) is 8.04. The van der Waals surface area contributed by atoms with Gasteiger partial charge >= 0.3 is 5.97 Å². The molecule has 0 saturated heterocycles. The minimum Gasteiger partial charge on any atom is -0.463 e. The first-order valence-corrected chi connectivity index (χ1v) is 5.37. The van der Waals surface area contributed by atoms with E-state index in [-0.39, 0.29) is 0 Å². The van der Waals surface area contributed by atoms with Crippen LogP contribution in [-0.2, 0) is 9.53 Å². The zero-order valence-corrected chi connectivity index (χ0v) is 10.5. The topological polar surface area (TPSA) is 64.6 Å². The number of ether oxygens (including phenoxy) is 2. The number of aromatic nitrogens is 2. The Morgan fingerprint density at radius 3 is 2.76 bits per heavy atom. The molecular formula is C11H17N3O3. The minimum absolute atomic E-state index is 0.333. The van der Waals surface area contributed by atoms with Crippen LogP contribution in [0.3, 0.4) is 0 Å². The van der Waals surface area contributed by atoms with Crippen LogP contribution in [0.15, 0.2) is 12.4 Å². The Balaban J connectivity index is 2.68. The van der Waals surface area contributed by atoms with E-state index in [0.717, 1.165) is 0 Å². The summed E-state index contributed by atoms with van der Waals surface area (Å²) >= 11 is 0. The number of anilines is 1. The van der Waals surface area contributed by atoms with E-state index in [1.54, 1.807) is 19.9 Å². The van der Waals surface area contributed by atoms with Crippen LogP contribution in [0.2, 0.25) is 0 Å². The third-order valence-corrected chi connectivity index (χ3v) is 2.00. The molecule has 0 aliphatic carbocycles. The summed E-state index contributed by atoms with van der Waals surface area (Å²) in [5.41, 5.74) is 0. The van der Waals surface area contributed by atoms with Crippen molar-refractivity contribution < 1.29 is 14.3 Å². The number of carbonyl (C=O) groups excluding carboxylic acids is 1. The molecular weight excluding hydrogens is 222 g/mol. The summed E-state index contributed by atoms with van der Waals surface area (Å²) < 4.78 is 10.2. The summed E-state index contributed by atoms with van der Waals surface area (Å²) in [6.07, 6.45) is 0.711. The van der Waals surface area contributed by atoms with E-state index in [2.05, 4.69) is 9.97 Å². The Labute approximate surface area is 101 Å². The Kier molecular flexibility index (Phi) is 4.68. The molecule has 0 radical (unpaired) electrons. The van der Waals surface area contributed by atoms with Crippen molar-refractivity contribution in [3.05, 3.63) is 12.4 Å². The average molecular weight is 239 g/mol. The summed E-state index contributed by atoms with van der Waals surface area (Å²) in [6.45, 7) is 3.70. The van der Waals surface area contributed by atoms with Gasteiger partial charge in [-0.3, -0.25) is 0 Å². The van der Waals surface area contributed by atoms with Gasteiger partial charge in [0, 0.05) is 20.2 Å². The lowest BCUT2D eigenvalue weighted by atomic mass is 10.4. The second kappa shape index (κ2) is 6.03. The molecule has 1 rings (SSSR count). The van der Waals surface area contributed by atoms with Gasteiger partial charge in [-0.2, -0.15) is 0 Å². The van der Waals surface area contributed by atoms with Crippen molar-refractivity contribution in [1.29, 1.82) is 0 Å². The lowest BCUT2D eigenvalue weighted by molar-refractivity contribution is -0.150. The quantitative estimate of drug-likeness (QED) is 0.710. The molecule has 6 nitrogen and oxygen atoms in total. The normalized spacial score (nSPS) is 11.8. The molecule has 0 spiro atoms. The number of hydrogen-bond acceptors (Lipinski definition) is 6. The second-order valence-electron chi connectivity index (χ2n) is 3.62. The molecule has 0 aliphatic heterocycles. The van der Waals surface area contributed by atoms with Crippen LogP contribution >= 0.6 is 0 Å². The predicted molar refractivity (Wildman–Crippen MR) is 63.1 cm³/mol. The highest BCUT2D eigenvalue weighted by molar-refractivity contribution is 5.74. The van der Waals surface area contributed by atoms with E-state index in [4.69, 9.17) is 9.47 Å². The SMILES string of the molecule is CCOC(=O)C(C)Oc1cc(N(C)C)ncn1. The van der Waals surface area contributed by atoms with E-state index < -0.39 is 12.1 Å². The first-order valence-electron chi connectivity index (χ1n) is 5.37. The molecule has 0 aromatic carbocycles. The molecule has 1 atom stereocenters. The van der Waals surface area contributed by atoms with Crippen LogP contribution in [0.4, 0.5) is 5.82 Å². The van der Waals surface area contributed by atoms with Gasteiger partial charge in [0.05, 0.1) is 6.61 Å². The van der Waals surface area contributed by atoms with Gasteiger partial charge in [-0.05, 0) is 13.8 Å². The van der Waals surface area contributed by atoms with E-state index in [0.29, 0.717) is 18.3 Å². The third kappa shape index (κ3) is 3.90. The fraction of sp³-hybridized carbons (Fsp3) is 0.545. The van der Waals surface area contributed by atoms with Crippen molar-refractivity contribution in [2.45, 2.75) is 20.0 Å². The van der Waals surface area contributed by atoms with Crippen molar-refractivity contribution in [3.8, 4) is 5.88 Å². The molecule has 0 saturated carbocycles. The smallest absolute Gasteiger partial charge is 0.347 e. The standard InChI is InChI=1S/C11H17N3O3/c1-5-16-11(15)8(2)17-10-6-9(14(3)4)12-7-13-10/h6-8H,5H2,1-4H3. The van der Waals surface area contributed by atoms with Gasteiger partial charge in [0.15, 0.2) is 6.10 Å². The molecule has 0 amide bonds.